The first-order chi connectivity index (χ1) is 13.6. The first-order valence-corrected chi connectivity index (χ1v) is 10.5. The predicted octanol–water partition coefficient (Wildman–Crippen LogP) is 3.85. The van der Waals surface area contributed by atoms with Crippen LogP contribution >= 0.6 is 23.4 Å². The highest BCUT2D eigenvalue weighted by Gasteiger charge is 2.57. The molecule has 28 heavy (non-hydrogen) atoms. The Hall–Kier alpha value is -2.18. The highest BCUT2D eigenvalue weighted by Crippen LogP contribution is 2.54. The summed E-state index contributed by atoms with van der Waals surface area (Å²) in [6, 6.07) is 16.4. The van der Waals surface area contributed by atoms with E-state index in [1.54, 1.807) is 40.9 Å². The van der Waals surface area contributed by atoms with Crippen molar-refractivity contribution < 1.29 is 19.1 Å². The minimum absolute atomic E-state index is 0.00761. The number of nitrogens with zero attached hydrogens (tertiary/aromatic N) is 1. The fraction of sp³-hybridized carbons (Fsp3) is 0.333. The van der Waals surface area contributed by atoms with E-state index in [-0.39, 0.29) is 25.1 Å². The van der Waals surface area contributed by atoms with Gasteiger partial charge < -0.3 is 14.4 Å². The number of thioether (sulfide) groups is 1. The molecule has 0 radical (unpaired) electrons. The first-order valence-electron chi connectivity index (χ1n) is 9.17. The van der Waals surface area contributed by atoms with Crippen LogP contribution in [0.25, 0.3) is 0 Å². The molecule has 0 aliphatic carbocycles. The maximum absolute atomic E-state index is 12.7. The number of carbonyl (C=O) groups is 2. The lowest BCUT2D eigenvalue weighted by Crippen LogP contribution is -2.46. The van der Waals surface area contributed by atoms with Crippen molar-refractivity contribution in [3.63, 3.8) is 0 Å². The van der Waals surface area contributed by atoms with Crippen LogP contribution in [0.1, 0.15) is 18.4 Å². The van der Waals surface area contributed by atoms with Crippen LogP contribution in [-0.4, -0.2) is 41.8 Å². The van der Waals surface area contributed by atoms with Crippen molar-refractivity contribution in [2.24, 2.45) is 0 Å². The van der Waals surface area contributed by atoms with E-state index in [0.717, 1.165) is 5.56 Å². The van der Waals surface area contributed by atoms with E-state index in [1.807, 2.05) is 30.3 Å². The molecule has 2 fully saturated rings. The number of benzene rings is 2. The number of esters is 1. The summed E-state index contributed by atoms with van der Waals surface area (Å²) in [6.45, 7) is 0.369. The molecule has 0 N–H and O–H groups in total. The average Bonchev–Trinajstić information content (AvgIpc) is 3.26. The summed E-state index contributed by atoms with van der Waals surface area (Å²) in [5.41, 5.74) is 1.06. The van der Waals surface area contributed by atoms with Crippen LogP contribution in [0.2, 0.25) is 5.02 Å². The van der Waals surface area contributed by atoms with Gasteiger partial charge in [0.25, 0.3) is 0 Å². The third-order valence-corrected chi connectivity index (χ3v) is 6.88. The molecule has 0 spiro atoms. The van der Waals surface area contributed by atoms with E-state index in [0.29, 0.717) is 29.4 Å². The fourth-order valence-corrected chi connectivity index (χ4v) is 5.51. The summed E-state index contributed by atoms with van der Waals surface area (Å²) in [5, 5.41) is 0.634. The summed E-state index contributed by atoms with van der Waals surface area (Å²) >= 11 is 7.49. The molecule has 0 bridgehead atoms. The summed E-state index contributed by atoms with van der Waals surface area (Å²) in [7, 11) is 0. The molecule has 5 nitrogen and oxygen atoms in total. The maximum atomic E-state index is 12.7. The molecular weight excluding hydrogens is 398 g/mol. The van der Waals surface area contributed by atoms with Gasteiger partial charge in [-0.25, -0.2) is 4.79 Å². The number of rotatable bonds is 6. The molecule has 0 unspecified atom stereocenters. The highest BCUT2D eigenvalue weighted by molar-refractivity contribution is 8.00. The van der Waals surface area contributed by atoms with Crippen LogP contribution in [0.3, 0.4) is 0 Å². The number of fused-ring (bicyclic) bond motifs is 1. The Kier molecular flexibility index (Phi) is 5.51. The zero-order valence-electron chi connectivity index (χ0n) is 15.2. The second-order valence-electron chi connectivity index (χ2n) is 6.71. The molecule has 2 aliphatic heterocycles. The molecule has 0 aromatic heterocycles. The number of amides is 1. The van der Waals surface area contributed by atoms with Crippen LogP contribution < -0.4 is 4.74 Å². The number of ether oxygens (including phenoxy) is 2. The van der Waals surface area contributed by atoms with Gasteiger partial charge in [-0.2, -0.15) is 0 Å². The molecule has 7 heteroatoms. The van der Waals surface area contributed by atoms with Gasteiger partial charge in [0.05, 0.1) is 0 Å². The summed E-state index contributed by atoms with van der Waals surface area (Å²) in [4.78, 5) is 26.5. The molecule has 2 aromatic rings. The van der Waals surface area contributed by atoms with Crippen molar-refractivity contribution in [2.45, 2.75) is 23.8 Å². The Bertz CT molecular complexity index is 860. The van der Waals surface area contributed by atoms with Crippen LogP contribution in [0, 0.1) is 0 Å². The number of hydrogen-bond donors (Lipinski definition) is 0. The molecule has 0 saturated carbocycles. The van der Waals surface area contributed by atoms with E-state index < -0.39 is 10.9 Å². The predicted molar refractivity (Wildman–Crippen MR) is 108 cm³/mol. The third-order valence-electron chi connectivity index (χ3n) is 5.03. The molecule has 4 rings (SSSR count). The van der Waals surface area contributed by atoms with E-state index in [4.69, 9.17) is 21.1 Å². The van der Waals surface area contributed by atoms with Crippen LogP contribution in [0.15, 0.2) is 54.6 Å². The Balaban J connectivity index is 1.37. The molecule has 2 atom stereocenters. The van der Waals surface area contributed by atoms with E-state index >= 15 is 0 Å². The van der Waals surface area contributed by atoms with Crippen molar-refractivity contribution >= 4 is 35.2 Å². The second kappa shape index (κ2) is 8.05. The fourth-order valence-electron chi connectivity index (χ4n) is 3.74. The van der Waals surface area contributed by atoms with Gasteiger partial charge in [0, 0.05) is 17.2 Å². The highest BCUT2D eigenvalue weighted by atomic mass is 35.5. The Morgan fingerprint density at radius 3 is 2.64 bits per heavy atom. The standard InChI is InChI=1S/C21H20ClNO4S/c22-16-6-8-17(9-7-16)26-12-13-27-20(25)18-14-28-21(11-10-19(24)23(18)21)15-4-2-1-3-5-15/h1-9,18H,10-14H2/t18-,21-/m0/s1. The Labute approximate surface area is 172 Å². The van der Waals surface area contributed by atoms with E-state index in [2.05, 4.69) is 0 Å². The van der Waals surface area contributed by atoms with Crippen molar-refractivity contribution in [2.75, 3.05) is 19.0 Å². The monoisotopic (exact) mass is 417 g/mol. The van der Waals surface area contributed by atoms with Gasteiger partial charge in [0.1, 0.15) is 29.9 Å². The molecule has 2 aliphatic rings. The van der Waals surface area contributed by atoms with Gasteiger partial charge in [-0.1, -0.05) is 41.9 Å². The Morgan fingerprint density at radius 1 is 1.14 bits per heavy atom. The second-order valence-corrected chi connectivity index (χ2v) is 8.44. The molecular formula is C21H20ClNO4S. The van der Waals surface area contributed by atoms with Gasteiger partial charge in [-0.15, -0.1) is 11.8 Å². The van der Waals surface area contributed by atoms with Gasteiger partial charge in [-0.3, -0.25) is 4.79 Å². The smallest absolute Gasteiger partial charge is 0.329 e. The molecule has 2 heterocycles. The van der Waals surface area contributed by atoms with Crippen molar-refractivity contribution in [1.82, 2.24) is 4.90 Å². The number of carbonyl (C=O) groups excluding carboxylic acids is 2. The van der Waals surface area contributed by atoms with Crippen LogP contribution in [-0.2, 0) is 19.2 Å². The van der Waals surface area contributed by atoms with Crippen molar-refractivity contribution in [1.29, 1.82) is 0 Å². The minimum Gasteiger partial charge on any atom is -0.490 e. The largest absolute Gasteiger partial charge is 0.490 e. The lowest BCUT2D eigenvalue weighted by atomic mass is 10.0. The van der Waals surface area contributed by atoms with Gasteiger partial charge in [0.2, 0.25) is 5.91 Å². The van der Waals surface area contributed by atoms with Gasteiger partial charge in [0.15, 0.2) is 0 Å². The summed E-state index contributed by atoms with van der Waals surface area (Å²) < 4.78 is 11.0. The SMILES string of the molecule is O=C(OCCOc1ccc(Cl)cc1)[C@@H]1CS[C@]2(c3ccccc3)CCC(=O)N12. The van der Waals surface area contributed by atoms with Crippen molar-refractivity contribution in [3.05, 3.63) is 65.2 Å². The summed E-state index contributed by atoms with van der Waals surface area (Å²) in [6.07, 6.45) is 1.16. The molecule has 2 saturated heterocycles. The Morgan fingerprint density at radius 2 is 1.89 bits per heavy atom. The average molecular weight is 418 g/mol. The third kappa shape index (κ3) is 3.59. The zero-order chi connectivity index (χ0) is 19.6. The maximum Gasteiger partial charge on any atom is 0.329 e. The van der Waals surface area contributed by atoms with Crippen LogP contribution in [0.5, 0.6) is 5.75 Å². The lowest BCUT2D eigenvalue weighted by Gasteiger charge is -2.33. The molecule has 146 valence electrons. The minimum atomic E-state index is -0.560. The quantitative estimate of drug-likeness (QED) is 0.527. The first kappa shape index (κ1) is 19.2. The number of hydrogen-bond acceptors (Lipinski definition) is 5. The van der Waals surface area contributed by atoms with Gasteiger partial charge >= 0.3 is 5.97 Å². The van der Waals surface area contributed by atoms with E-state index in [1.165, 1.54) is 0 Å². The van der Waals surface area contributed by atoms with Gasteiger partial charge in [-0.05, 0) is 36.2 Å². The normalized spacial score (nSPS) is 23.5. The van der Waals surface area contributed by atoms with Crippen LogP contribution in [0.4, 0.5) is 0 Å². The zero-order valence-corrected chi connectivity index (χ0v) is 16.7. The van der Waals surface area contributed by atoms with E-state index in [9.17, 15) is 9.59 Å². The number of halogens is 1. The topological polar surface area (TPSA) is 55.8 Å². The van der Waals surface area contributed by atoms with Crippen molar-refractivity contribution in [3.8, 4) is 5.75 Å². The lowest BCUT2D eigenvalue weighted by molar-refractivity contribution is -0.154. The molecule has 2 aromatic carbocycles. The summed E-state index contributed by atoms with van der Waals surface area (Å²) in [5.74, 6) is 0.834. The molecule has 1 amide bonds.